The molecule has 0 unspecified atom stereocenters. The number of aliphatic carboxylic acids is 1. The fourth-order valence-electron chi connectivity index (χ4n) is 4.50. The number of benzene rings is 3. The van der Waals surface area contributed by atoms with Crippen LogP contribution in [0.4, 0.5) is 0 Å². The first-order valence-electron chi connectivity index (χ1n) is 12.7. The van der Waals surface area contributed by atoms with E-state index in [0.717, 1.165) is 11.1 Å². The molecular weight excluding hydrogens is 500 g/mol. The maximum atomic E-state index is 12.9. The lowest BCUT2D eigenvalue weighted by Crippen LogP contribution is -2.51. The number of β-amino-alcohol motifs (C(OH)–C–C–N with tert-alkyl or cyclic N) is 1. The van der Waals surface area contributed by atoms with E-state index in [1.807, 2.05) is 60.7 Å². The maximum Gasteiger partial charge on any atom is 0.326 e. The zero-order valence-corrected chi connectivity index (χ0v) is 21.7. The third kappa shape index (κ3) is 7.58. The highest BCUT2D eigenvalue weighted by atomic mass is 16.5. The lowest BCUT2D eigenvalue weighted by molar-refractivity contribution is -0.143. The number of aliphatic hydroxyl groups is 1. The molecule has 0 saturated carbocycles. The Morgan fingerprint density at radius 1 is 0.897 bits per heavy atom. The quantitative estimate of drug-likeness (QED) is 0.347. The summed E-state index contributed by atoms with van der Waals surface area (Å²) in [6.45, 7) is 1.97. The fraction of sp³-hybridized carbons (Fsp3) is 0.300. The summed E-state index contributed by atoms with van der Waals surface area (Å²) in [6, 6.07) is 22.3. The summed E-state index contributed by atoms with van der Waals surface area (Å²) in [4.78, 5) is 38.1. The lowest BCUT2D eigenvalue weighted by atomic mass is 10.0. The molecule has 0 radical (unpaired) electrons. The summed E-state index contributed by atoms with van der Waals surface area (Å²) < 4.78 is 12.1. The van der Waals surface area contributed by atoms with E-state index in [1.54, 1.807) is 18.2 Å². The molecule has 1 aliphatic rings. The molecule has 4 rings (SSSR count). The molecule has 3 aromatic rings. The predicted molar refractivity (Wildman–Crippen MR) is 143 cm³/mol. The first-order chi connectivity index (χ1) is 18.8. The molecule has 1 aliphatic heterocycles. The van der Waals surface area contributed by atoms with Gasteiger partial charge in [0.25, 0.3) is 0 Å². The van der Waals surface area contributed by atoms with Crippen LogP contribution in [0.5, 0.6) is 11.5 Å². The summed E-state index contributed by atoms with van der Waals surface area (Å²) in [5, 5.41) is 22.3. The van der Waals surface area contributed by atoms with Crippen molar-refractivity contribution in [1.82, 2.24) is 10.2 Å². The Bertz CT molecular complexity index is 1280. The Morgan fingerprint density at radius 2 is 1.49 bits per heavy atom. The van der Waals surface area contributed by atoms with E-state index < -0.39 is 30.1 Å². The van der Waals surface area contributed by atoms with E-state index >= 15 is 0 Å². The van der Waals surface area contributed by atoms with E-state index in [0.29, 0.717) is 23.7 Å². The first kappa shape index (κ1) is 27.7. The molecule has 9 heteroatoms. The molecule has 1 fully saturated rings. The van der Waals surface area contributed by atoms with Crippen molar-refractivity contribution in [2.45, 2.75) is 51.2 Å². The van der Waals surface area contributed by atoms with Crippen molar-refractivity contribution in [2.24, 2.45) is 0 Å². The molecule has 2 amide bonds. The Hall–Kier alpha value is -4.37. The van der Waals surface area contributed by atoms with Gasteiger partial charge in [-0.25, -0.2) is 4.79 Å². The molecule has 39 heavy (non-hydrogen) atoms. The van der Waals surface area contributed by atoms with Crippen LogP contribution in [0, 0.1) is 0 Å². The van der Waals surface area contributed by atoms with Gasteiger partial charge in [-0.2, -0.15) is 0 Å². The van der Waals surface area contributed by atoms with Crippen molar-refractivity contribution in [2.75, 3.05) is 6.54 Å². The summed E-state index contributed by atoms with van der Waals surface area (Å²) in [6.07, 6.45) is -0.791. The molecule has 204 valence electrons. The van der Waals surface area contributed by atoms with Crippen LogP contribution in [0.1, 0.15) is 30.0 Å². The van der Waals surface area contributed by atoms with E-state index in [1.165, 1.54) is 11.8 Å². The summed E-state index contributed by atoms with van der Waals surface area (Å²) in [5.74, 6) is -1.23. The molecule has 1 saturated heterocycles. The number of ether oxygens (including phenoxy) is 2. The fourth-order valence-corrected chi connectivity index (χ4v) is 4.50. The van der Waals surface area contributed by atoms with Crippen molar-refractivity contribution < 1.29 is 34.1 Å². The number of hydrogen-bond acceptors (Lipinski definition) is 6. The van der Waals surface area contributed by atoms with Crippen molar-refractivity contribution >= 4 is 17.8 Å². The van der Waals surface area contributed by atoms with Crippen LogP contribution in [-0.2, 0) is 34.0 Å². The van der Waals surface area contributed by atoms with Crippen LogP contribution in [0.15, 0.2) is 78.9 Å². The number of hydrogen-bond donors (Lipinski definition) is 3. The number of carboxylic acid groups (broad SMARTS) is 1. The largest absolute Gasteiger partial charge is 0.485 e. The Labute approximate surface area is 227 Å². The Morgan fingerprint density at radius 3 is 2.05 bits per heavy atom. The van der Waals surface area contributed by atoms with Gasteiger partial charge in [-0.15, -0.1) is 0 Å². The third-order valence-electron chi connectivity index (χ3n) is 6.52. The third-order valence-corrected chi connectivity index (χ3v) is 6.52. The molecule has 9 nitrogen and oxygen atoms in total. The standard InChI is InChI=1S/C30H32N2O7/c1-20(33)32-17-24(34)16-26(32)29(35)31-25(30(36)37)14-23-12-13-27(38-18-21-8-4-2-5-9-21)28(15-23)39-19-22-10-6-3-7-11-22/h2-13,15,24-26,34H,14,16-19H2,1H3,(H,31,35)(H,36,37)/t24-,25-,26+/m1/s1. The molecular formula is C30H32N2O7. The number of carbonyl (C=O) groups excluding carboxylic acids is 2. The van der Waals surface area contributed by atoms with E-state index in [9.17, 15) is 24.6 Å². The van der Waals surface area contributed by atoms with Crippen molar-refractivity contribution in [3.63, 3.8) is 0 Å². The molecule has 3 N–H and O–H groups in total. The number of nitrogens with zero attached hydrogens (tertiary/aromatic N) is 1. The monoisotopic (exact) mass is 532 g/mol. The normalized spacial score (nSPS) is 17.3. The summed E-state index contributed by atoms with van der Waals surface area (Å²) in [5.41, 5.74) is 2.56. The van der Waals surface area contributed by atoms with Gasteiger partial charge in [0.05, 0.1) is 6.10 Å². The molecule has 0 bridgehead atoms. The van der Waals surface area contributed by atoms with Crippen LogP contribution in [0.3, 0.4) is 0 Å². The number of amides is 2. The van der Waals surface area contributed by atoms with Crippen LogP contribution >= 0.6 is 0 Å². The molecule has 0 aromatic heterocycles. The average molecular weight is 533 g/mol. The van der Waals surface area contributed by atoms with Gasteiger partial charge in [-0.1, -0.05) is 66.7 Å². The van der Waals surface area contributed by atoms with Crippen molar-refractivity contribution in [3.05, 3.63) is 95.6 Å². The highest BCUT2D eigenvalue weighted by Crippen LogP contribution is 2.31. The molecule has 3 aromatic carbocycles. The second-order valence-corrected chi connectivity index (χ2v) is 9.51. The first-order valence-corrected chi connectivity index (χ1v) is 12.7. The van der Waals surface area contributed by atoms with Gasteiger partial charge in [0.1, 0.15) is 25.3 Å². The number of nitrogens with one attached hydrogen (secondary N) is 1. The minimum atomic E-state index is -1.25. The number of aliphatic hydroxyl groups excluding tert-OH is 1. The second kappa shape index (κ2) is 12.9. The van der Waals surface area contributed by atoms with Gasteiger partial charge < -0.3 is 29.9 Å². The Balaban J connectivity index is 1.50. The van der Waals surface area contributed by atoms with E-state index in [4.69, 9.17) is 9.47 Å². The number of rotatable bonds is 11. The topological polar surface area (TPSA) is 125 Å². The van der Waals surface area contributed by atoms with Gasteiger partial charge in [-0.05, 0) is 28.8 Å². The highest BCUT2D eigenvalue weighted by Gasteiger charge is 2.38. The zero-order chi connectivity index (χ0) is 27.8. The van der Waals surface area contributed by atoms with Gasteiger partial charge in [0.15, 0.2) is 11.5 Å². The molecule has 3 atom stereocenters. The minimum absolute atomic E-state index is 0.0168. The average Bonchev–Trinajstić information content (AvgIpc) is 3.34. The minimum Gasteiger partial charge on any atom is -0.485 e. The molecule has 0 aliphatic carbocycles. The second-order valence-electron chi connectivity index (χ2n) is 9.51. The maximum absolute atomic E-state index is 12.9. The SMILES string of the molecule is CC(=O)N1C[C@H](O)C[C@H]1C(=O)N[C@H](Cc1ccc(OCc2ccccc2)c(OCc2ccccc2)c1)C(=O)O. The van der Waals surface area contributed by atoms with Crippen molar-refractivity contribution in [3.8, 4) is 11.5 Å². The smallest absolute Gasteiger partial charge is 0.326 e. The van der Waals surface area contributed by atoms with Gasteiger partial charge in [0.2, 0.25) is 11.8 Å². The van der Waals surface area contributed by atoms with Gasteiger partial charge in [0, 0.05) is 26.3 Å². The van der Waals surface area contributed by atoms with Crippen LogP contribution in [0.25, 0.3) is 0 Å². The van der Waals surface area contributed by atoms with Crippen molar-refractivity contribution in [1.29, 1.82) is 0 Å². The van der Waals surface area contributed by atoms with E-state index in [2.05, 4.69) is 5.32 Å². The van der Waals surface area contributed by atoms with Gasteiger partial charge in [-0.3, -0.25) is 9.59 Å². The van der Waals surface area contributed by atoms with Crippen LogP contribution in [0.2, 0.25) is 0 Å². The predicted octanol–water partition coefficient (Wildman–Crippen LogP) is 2.94. The number of likely N-dealkylation sites (tertiary alicyclic amines) is 1. The molecule has 0 spiro atoms. The zero-order valence-electron chi connectivity index (χ0n) is 21.7. The lowest BCUT2D eigenvalue weighted by Gasteiger charge is -2.24. The van der Waals surface area contributed by atoms with E-state index in [-0.39, 0.29) is 31.9 Å². The highest BCUT2D eigenvalue weighted by molar-refractivity contribution is 5.90. The summed E-state index contributed by atoms with van der Waals surface area (Å²) in [7, 11) is 0. The molecule has 1 heterocycles. The van der Waals surface area contributed by atoms with Gasteiger partial charge >= 0.3 is 5.97 Å². The Kier molecular flexibility index (Phi) is 9.17. The van der Waals surface area contributed by atoms with Crippen LogP contribution < -0.4 is 14.8 Å². The number of carbonyl (C=O) groups is 3. The summed E-state index contributed by atoms with van der Waals surface area (Å²) >= 11 is 0. The van der Waals surface area contributed by atoms with Crippen LogP contribution in [-0.4, -0.2) is 57.6 Å². The number of carboxylic acids is 1.